The zero-order valence-corrected chi connectivity index (χ0v) is 14.5. The van der Waals surface area contributed by atoms with Gasteiger partial charge in [0.1, 0.15) is 5.69 Å². The standard InChI is InChI=1S/C20H18N2O4/c1-12-6-5-9-15(13(12)2)22-19(24)11-26-20(25)17-10-18(23)14-7-3-4-8-16(14)21-17/h3-10H,11H2,1-2H3,(H,21,23)(H,22,24). The topological polar surface area (TPSA) is 88.3 Å². The number of hydrogen-bond donors (Lipinski definition) is 2. The molecular formula is C20H18N2O4. The maximum Gasteiger partial charge on any atom is 0.355 e. The number of hydrogen-bond acceptors (Lipinski definition) is 4. The van der Waals surface area contributed by atoms with Crippen LogP contribution < -0.4 is 10.7 Å². The molecule has 0 bridgehead atoms. The minimum atomic E-state index is -0.760. The molecule has 1 heterocycles. The summed E-state index contributed by atoms with van der Waals surface area (Å²) in [6.45, 7) is 3.40. The van der Waals surface area contributed by atoms with Crippen molar-refractivity contribution in [1.82, 2.24) is 4.98 Å². The first-order valence-corrected chi connectivity index (χ1v) is 8.11. The van der Waals surface area contributed by atoms with Crippen molar-refractivity contribution in [3.8, 4) is 0 Å². The largest absolute Gasteiger partial charge is 0.451 e. The Kier molecular flexibility index (Phi) is 4.84. The second-order valence-electron chi connectivity index (χ2n) is 5.96. The Bertz CT molecular complexity index is 1050. The number of aryl methyl sites for hydroxylation is 1. The molecule has 0 aliphatic heterocycles. The van der Waals surface area contributed by atoms with E-state index in [2.05, 4.69) is 10.3 Å². The molecule has 0 aliphatic rings. The molecule has 0 saturated carbocycles. The number of anilines is 1. The van der Waals surface area contributed by atoms with E-state index in [4.69, 9.17) is 4.74 Å². The Labute approximate surface area is 149 Å². The number of carbonyl (C=O) groups excluding carboxylic acids is 2. The SMILES string of the molecule is Cc1cccc(NC(=O)COC(=O)c2cc(=O)c3ccccc3[nH]2)c1C. The van der Waals surface area contributed by atoms with E-state index in [0.717, 1.165) is 11.1 Å². The van der Waals surface area contributed by atoms with E-state index < -0.39 is 18.5 Å². The number of amides is 1. The third kappa shape index (κ3) is 3.64. The molecule has 0 fully saturated rings. The van der Waals surface area contributed by atoms with Crippen molar-refractivity contribution < 1.29 is 14.3 Å². The summed E-state index contributed by atoms with van der Waals surface area (Å²) in [4.78, 5) is 39.1. The van der Waals surface area contributed by atoms with Crippen LogP contribution in [0.4, 0.5) is 5.69 Å². The number of nitrogens with one attached hydrogen (secondary N) is 2. The van der Waals surface area contributed by atoms with Crippen LogP contribution in [0.25, 0.3) is 10.9 Å². The molecule has 0 saturated heterocycles. The third-order valence-electron chi connectivity index (χ3n) is 4.17. The molecule has 0 spiro atoms. The third-order valence-corrected chi connectivity index (χ3v) is 4.17. The second-order valence-corrected chi connectivity index (χ2v) is 5.96. The summed E-state index contributed by atoms with van der Waals surface area (Å²) >= 11 is 0. The lowest BCUT2D eigenvalue weighted by Crippen LogP contribution is -2.22. The molecule has 0 aliphatic carbocycles. The summed E-state index contributed by atoms with van der Waals surface area (Å²) < 4.78 is 5.01. The zero-order valence-electron chi connectivity index (χ0n) is 14.5. The number of H-pyrrole nitrogens is 1. The van der Waals surface area contributed by atoms with Crippen molar-refractivity contribution in [3.05, 3.63) is 75.6 Å². The highest BCUT2D eigenvalue weighted by molar-refractivity contribution is 5.96. The Hall–Kier alpha value is -3.41. The van der Waals surface area contributed by atoms with Gasteiger partial charge in [-0.05, 0) is 43.2 Å². The van der Waals surface area contributed by atoms with Gasteiger partial charge in [-0.15, -0.1) is 0 Å². The van der Waals surface area contributed by atoms with Crippen LogP contribution in [0.15, 0.2) is 53.3 Å². The maximum atomic E-state index is 12.1. The van der Waals surface area contributed by atoms with Crippen molar-refractivity contribution in [2.24, 2.45) is 0 Å². The van der Waals surface area contributed by atoms with Gasteiger partial charge in [-0.25, -0.2) is 4.79 Å². The molecule has 3 rings (SSSR count). The zero-order chi connectivity index (χ0) is 18.7. The monoisotopic (exact) mass is 350 g/mol. The van der Waals surface area contributed by atoms with E-state index >= 15 is 0 Å². The Morgan fingerprint density at radius 3 is 2.65 bits per heavy atom. The summed E-state index contributed by atoms with van der Waals surface area (Å²) in [7, 11) is 0. The lowest BCUT2D eigenvalue weighted by atomic mass is 10.1. The van der Waals surface area contributed by atoms with Crippen LogP contribution in [0.2, 0.25) is 0 Å². The average Bonchev–Trinajstić information content (AvgIpc) is 2.63. The fourth-order valence-electron chi connectivity index (χ4n) is 2.59. The minimum absolute atomic E-state index is 0.00763. The van der Waals surface area contributed by atoms with Crippen LogP contribution in [0.1, 0.15) is 21.6 Å². The Morgan fingerprint density at radius 2 is 1.85 bits per heavy atom. The number of esters is 1. The lowest BCUT2D eigenvalue weighted by molar-refractivity contribution is -0.119. The first kappa shape index (κ1) is 17.4. The van der Waals surface area contributed by atoms with Gasteiger partial charge in [0.2, 0.25) is 0 Å². The van der Waals surface area contributed by atoms with E-state index in [1.165, 1.54) is 6.07 Å². The number of carbonyl (C=O) groups is 2. The molecular weight excluding hydrogens is 332 g/mol. The van der Waals surface area contributed by atoms with Crippen molar-refractivity contribution >= 4 is 28.5 Å². The molecule has 26 heavy (non-hydrogen) atoms. The molecule has 6 nitrogen and oxygen atoms in total. The predicted molar refractivity (Wildman–Crippen MR) is 99.4 cm³/mol. The summed E-state index contributed by atoms with van der Waals surface area (Å²) in [5, 5.41) is 3.19. The molecule has 1 amide bonds. The lowest BCUT2D eigenvalue weighted by Gasteiger charge is -2.10. The van der Waals surface area contributed by atoms with Crippen LogP contribution in [0.5, 0.6) is 0 Å². The number of aromatic amines is 1. The van der Waals surface area contributed by atoms with Crippen LogP contribution >= 0.6 is 0 Å². The first-order valence-electron chi connectivity index (χ1n) is 8.11. The average molecular weight is 350 g/mol. The van der Waals surface area contributed by atoms with Gasteiger partial charge in [0, 0.05) is 22.7 Å². The van der Waals surface area contributed by atoms with Gasteiger partial charge >= 0.3 is 5.97 Å². The number of ether oxygens (including phenoxy) is 1. The smallest absolute Gasteiger partial charge is 0.355 e. The molecule has 2 N–H and O–H groups in total. The number of fused-ring (bicyclic) bond motifs is 1. The number of aromatic nitrogens is 1. The highest BCUT2D eigenvalue weighted by atomic mass is 16.5. The van der Waals surface area contributed by atoms with E-state index in [1.807, 2.05) is 26.0 Å². The molecule has 3 aromatic rings. The van der Waals surface area contributed by atoms with Crippen LogP contribution in [-0.4, -0.2) is 23.5 Å². The molecule has 2 aromatic carbocycles. The molecule has 132 valence electrons. The number of rotatable bonds is 4. The number of benzene rings is 2. The molecule has 0 unspecified atom stereocenters. The van der Waals surface area contributed by atoms with Gasteiger partial charge < -0.3 is 15.0 Å². The van der Waals surface area contributed by atoms with Crippen LogP contribution in [-0.2, 0) is 9.53 Å². The Balaban J connectivity index is 1.68. The fraction of sp³-hybridized carbons (Fsp3) is 0.150. The highest BCUT2D eigenvalue weighted by Crippen LogP contribution is 2.17. The van der Waals surface area contributed by atoms with Gasteiger partial charge in [0.25, 0.3) is 5.91 Å². The number of para-hydroxylation sites is 1. The van der Waals surface area contributed by atoms with Gasteiger partial charge in [0.15, 0.2) is 12.0 Å². The number of pyridine rings is 1. The van der Waals surface area contributed by atoms with Crippen molar-refractivity contribution in [3.63, 3.8) is 0 Å². The maximum absolute atomic E-state index is 12.1. The quantitative estimate of drug-likeness (QED) is 0.708. The van der Waals surface area contributed by atoms with Gasteiger partial charge in [-0.1, -0.05) is 24.3 Å². The summed E-state index contributed by atoms with van der Waals surface area (Å²) in [6, 6.07) is 13.6. The first-order chi connectivity index (χ1) is 12.5. The molecule has 0 radical (unpaired) electrons. The van der Waals surface area contributed by atoms with Gasteiger partial charge in [-0.3, -0.25) is 9.59 Å². The normalized spacial score (nSPS) is 10.5. The van der Waals surface area contributed by atoms with Crippen LogP contribution in [0.3, 0.4) is 0 Å². The molecule has 0 atom stereocenters. The van der Waals surface area contributed by atoms with E-state index in [1.54, 1.807) is 30.3 Å². The summed E-state index contributed by atoms with van der Waals surface area (Å²) in [6.07, 6.45) is 0. The second kappa shape index (κ2) is 7.23. The van der Waals surface area contributed by atoms with Crippen molar-refractivity contribution in [1.29, 1.82) is 0 Å². The molecule has 1 aromatic heterocycles. The van der Waals surface area contributed by atoms with E-state index in [9.17, 15) is 14.4 Å². The Morgan fingerprint density at radius 1 is 1.08 bits per heavy atom. The van der Waals surface area contributed by atoms with Gasteiger partial charge in [0.05, 0.1) is 0 Å². The van der Waals surface area contributed by atoms with Crippen molar-refractivity contribution in [2.75, 3.05) is 11.9 Å². The van der Waals surface area contributed by atoms with E-state index in [0.29, 0.717) is 16.6 Å². The summed E-state index contributed by atoms with van der Waals surface area (Å²) in [5.74, 6) is -1.21. The molecule has 6 heteroatoms. The van der Waals surface area contributed by atoms with E-state index in [-0.39, 0.29) is 11.1 Å². The van der Waals surface area contributed by atoms with Gasteiger partial charge in [-0.2, -0.15) is 0 Å². The predicted octanol–water partition coefficient (Wildman–Crippen LogP) is 2.94. The van der Waals surface area contributed by atoms with Crippen LogP contribution in [0, 0.1) is 13.8 Å². The van der Waals surface area contributed by atoms with Crippen molar-refractivity contribution in [2.45, 2.75) is 13.8 Å². The highest BCUT2D eigenvalue weighted by Gasteiger charge is 2.14. The summed E-state index contributed by atoms with van der Waals surface area (Å²) in [5.41, 5.74) is 2.93. The fourth-order valence-corrected chi connectivity index (χ4v) is 2.59. The minimum Gasteiger partial charge on any atom is -0.451 e.